The number of sulfonamides is 1. The second kappa shape index (κ2) is 7.93. The summed E-state index contributed by atoms with van der Waals surface area (Å²) in [4.78, 5) is 0.279. The molecule has 3 aromatic carbocycles. The number of hydrogen-bond donors (Lipinski definition) is 1. The first-order chi connectivity index (χ1) is 13.9. The van der Waals surface area contributed by atoms with Gasteiger partial charge < -0.3 is 5.11 Å². The molecule has 7 heteroatoms. The summed E-state index contributed by atoms with van der Waals surface area (Å²) in [6.45, 7) is 3.29. The van der Waals surface area contributed by atoms with E-state index in [0.717, 1.165) is 18.2 Å². The zero-order valence-electron chi connectivity index (χ0n) is 16.2. The third-order valence-corrected chi connectivity index (χ3v) is 7.28. The van der Waals surface area contributed by atoms with E-state index in [1.165, 1.54) is 0 Å². The fourth-order valence-electron chi connectivity index (χ4n) is 3.53. The largest absolute Gasteiger partial charge is 0.507 e. The van der Waals surface area contributed by atoms with Gasteiger partial charge in [0.05, 0.1) is 16.3 Å². The Labute approximate surface area is 170 Å². The molecule has 150 valence electrons. The number of aromatic hydroxyl groups is 1. The fraction of sp³-hybridized carbons (Fsp3) is 0.273. The minimum Gasteiger partial charge on any atom is -0.507 e. The number of hydrogen-bond acceptors (Lipinski definition) is 5. The van der Waals surface area contributed by atoms with Crippen molar-refractivity contribution in [1.29, 1.82) is 0 Å². The highest BCUT2D eigenvalue weighted by Crippen LogP contribution is 2.33. The molecule has 0 radical (unpaired) electrons. The molecule has 1 aliphatic rings. The normalized spacial score (nSPS) is 16.6. The maximum Gasteiger partial charge on any atom is 0.243 e. The summed E-state index contributed by atoms with van der Waals surface area (Å²) < 4.78 is 27.2. The lowest BCUT2D eigenvalue weighted by Crippen LogP contribution is -2.37. The lowest BCUT2D eigenvalue weighted by atomic mass is 10.0. The van der Waals surface area contributed by atoms with Gasteiger partial charge in [-0.3, -0.25) is 0 Å². The number of nitrogens with zero attached hydrogens (tertiary/aromatic N) is 3. The standard InChI is InChI=1S/C22H23N3O3S/c1-16-12-14-25(15-13-16)29(27,28)18-8-6-17(7-9-18)23-24-21-10-11-22(26)20-5-3-2-4-19(20)21/h2-11,16,26H,12-15H2,1H3. The van der Waals surface area contributed by atoms with Gasteiger partial charge in [0.25, 0.3) is 0 Å². The van der Waals surface area contributed by atoms with Crippen LogP contribution >= 0.6 is 0 Å². The van der Waals surface area contributed by atoms with Crippen molar-refractivity contribution in [3.05, 3.63) is 60.7 Å². The highest BCUT2D eigenvalue weighted by atomic mass is 32.2. The highest BCUT2D eigenvalue weighted by Gasteiger charge is 2.27. The monoisotopic (exact) mass is 409 g/mol. The van der Waals surface area contributed by atoms with E-state index >= 15 is 0 Å². The topological polar surface area (TPSA) is 82.3 Å². The van der Waals surface area contributed by atoms with Crippen molar-refractivity contribution in [2.75, 3.05) is 13.1 Å². The Kier molecular flexibility index (Phi) is 5.34. The molecule has 1 heterocycles. The number of fused-ring (bicyclic) bond motifs is 1. The van der Waals surface area contributed by atoms with Crippen LogP contribution in [0.2, 0.25) is 0 Å². The molecule has 0 amide bonds. The van der Waals surface area contributed by atoms with Crippen LogP contribution in [-0.2, 0) is 10.0 Å². The van der Waals surface area contributed by atoms with Gasteiger partial charge in [-0.25, -0.2) is 8.42 Å². The maximum absolute atomic E-state index is 12.8. The van der Waals surface area contributed by atoms with Crippen LogP contribution in [0.1, 0.15) is 19.8 Å². The van der Waals surface area contributed by atoms with Crippen molar-refractivity contribution in [3.63, 3.8) is 0 Å². The molecule has 0 unspecified atom stereocenters. The van der Waals surface area contributed by atoms with E-state index in [1.54, 1.807) is 40.7 Å². The Morgan fingerprint density at radius 3 is 2.24 bits per heavy atom. The molecule has 1 aliphatic heterocycles. The average Bonchev–Trinajstić information content (AvgIpc) is 2.74. The van der Waals surface area contributed by atoms with Crippen LogP contribution in [0.25, 0.3) is 10.8 Å². The molecule has 1 fully saturated rings. The van der Waals surface area contributed by atoms with Gasteiger partial charge in [-0.15, -0.1) is 5.11 Å². The van der Waals surface area contributed by atoms with E-state index in [1.807, 2.05) is 24.3 Å². The van der Waals surface area contributed by atoms with Gasteiger partial charge in [0, 0.05) is 23.9 Å². The zero-order valence-corrected chi connectivity index (χ0v) is 17.0. The summed E-state index contributed by atoms with van der Waals surface area (Å²) >= 11 is 0. The third kappa shape index (κ3) is 4.02. The van der Waals surface area contributed by atoms with E-state index in [0.29, 0.717) is 35.8 Å². The predicted octanol–water partition coefficient (Wildman–Crippen LogP) is 5.38. The van der Waals surface area contributed by atoms with Crippen LogP contribution in [0, 0.1) is 5.92 Å². The Bertz CT molecular complexity index is 1150. The lowest BCUT2D eigenvalue weighted by molar-refractivity contribution is 0.288. The van der Waals surface area contributed by atoms with Crippen molar-refractivity contribution < 1.29 is 13.5 Å². The maximum atomic E-state index is 12.8. The van der Waals surface area contributed by atoms with E-state index in [-0.39, 0.29) is 10.6 Å². The van der Waals surface area contributed by atoms with Crippen LogP contribution < -0.4 is 0 Å². The Morgan fingerprint density at radius 1 is 0.897 bits per heavy atom. The first-order valence-corrected chi connectivity index (χ1v) is 11.1. The van der Waals surface area contributed by atoms with Crippen LogP contribution in [-0.4, -0.2) is 30.9 Å². The van der Waals surface area contributed by atoms with Gasteiger partial charge in [-0.2, -0.15) is 9.42 Å². The molecule has 6 nitrogen and oxygen atoms in total. The molecule has 0 aromatic heterocycles. The molecule has 1 saturated heterocycles. The number of rotatable bonds is 4. The Balaban J connectivity index is 1.55. The number of piperidine rings is 1. The van der Waals surface area contributed by atoms with Crippen molar-refractivity contribution in [2.45, 2.75) is 24.7 Å². The van der Waals surface area contributed by atoms with Crippen molar-refractivity contribution >= 4 is 32.2 Å². The molecule has 0 spiro atoms. The predicted molar refractivity (Wildman–Crippen MR) is 113 cm³/mol. The molecule has 4 rings (SSSR count). The van der Waals surface area contributed by atoms with Gasteiger partial charge in [-0.05, 0) is 55.2 Å². The molecular formula is C22H23N3O3S. The lowest BCUT2D eigenvalue weighted by Gasteiger charge is -2.29. The number of benzene rings is 3. The van der Waals surface area contributed by atoms with Crippen molar-refractivity contribution in [2.24, 2.45) is 16.1 Å². The second-order valence-electron chi connectivity index (χ2n) is 7.43. The first-order valence-electron chi connectivity index (χ1n) is 9.68. The van der Waals surface area contributed by atoms with Gasteiger partial charge in [0.1, 0.15) is 5.75 Å². The summed E-state index contributed by atoms with van der Waals surface area (Å²) in [5.41, 5.74) is 1.20. The first kappa shape index (κ1) is 19.5. The molecule has 0 aliphatic carbocycles. The van der Waals surface area contributed by atoms with Gasteiger partial charge in [0.15, 0.2) is 0 Å². The number of phenols is 1. The summed E-state index contributed by atoms with van der Waals surface area (Å²) in [7, 11) is -3.47. The van der Waals surface area contributed by atoms with Gasteiger partial charge in [-0.1, -0.05) is 31.2 Å². The zero-order chi connectivity index (χ0) is 20.4. The summed E-state index contributed by atoms with van der Waals surface area (Å²) in [5.74, 6) is 0.765. The quantitative estimate of drug-likeness (QED) is 0.587. The molecule has 29 heavy (non-hydrogen) atoms. The molecule has 1 N–H and O–H groups in total. The fourth-order valence-corrected chi connectivity index (χ4v) is 4.99. The van der Waals surface area contributed by atoms with E-state index < -0.39 is 10.0 Å². The minimum absolute atomic E-state index is 0.196. The average molecular weight is 410 g/mol. The van der Waals surface area contributed by atoms with Crippen LogP contribution in [0.15, 0.2) is 75.8 Å². The Morgan fingerprint density at radius 2 is 1.55 bits per heavy atom. The number of azo groups is 1. The summed E-state index contributed by atoms with van der Waals surface area (Å²) in [6, 6.07) is 17.2. The van der Waals surface area contributed by atoms with Crippen LogP contribution in [0.3, 0.4) is 0 Å². The molecule has 0 saturated carbocycles. The second-order valence-corrected chi connectivity index (χ2v) is 9.37. The van der Waals surface area contributed by atoms with Crippen LogP contribution in [0.5, 0.6) is 5.75 Å². The van der Waals surface area contributed by atoms with E-state index in [9.17, 15) is 13.5 Å². The van der Waals surface area contributed by atoms with Gasteiger partial charge >= 0.3 is 0 Å². The molecular weight excluding hydrogens is 386 g/mol. The van der Waals surface area contributed by atoms with E-state index in [2.05, 4.69) is 17.2 Å². The third-order valence-electron chi connectivity index (χ3n) is 5.37. The minimum atomic E-state index is -3.47. The highest BCUT2D eigenvalue weighted by molar-refractivity contribution is 7.89. The molecule has 0 bridgehead atoms. The SMILES string of the molecule is CC1CCN(S(=O)(=O)c2ccc(N=Nc3ccc(O)c4ccccc34)cc2)CC1. The van der Waals surface area contributed by atoms with Crippen molar-refractivity contribution in [1.82, 2.24) is 4.31 Å². The smallest absolute Gasteiger partial charge is 0.243 e. The summed E-state index contributed by atoms with van der Waals surface area (Å²) in [6.07, 6.45) is 1.79. The van der Waals surface area contributed by atoms with Crippen molar-refractivity contribution in [3.8, 4) is 5.75 Å². The van der Waals surface area contributed by atoms with Crippen LogP contribution in [0.4, 0.5) is 11.4 Å². The molecule has 3 aromatic rings. The van der Waals surface area contributed by atoms with Gasteiger partial charge in [0.2, 0.25) is 10.0 Å². The summed E-state index contributed by atoms with van der Waals surface area (Å²) in [5, 5.41) is 20.0. The number of phenolic OH excluding ortho intramolecular Hbond substituents is 1. The Hall–Kier alpha value is -2.77. The van der Waals surface area contributed by atoms with E-state index in [4.69, 9.17) is 0 Å². The molecule has 0 atom stereocenters.